The third-order valence-electron chi connectivity index (χ3n) is 4.34. The van der Waals surface area contributed by atoms with Crippen LogP contribution in [-0.2, 0) is 0 Å². The molecule has 0 aromatic carbocycles. The topological polar surface area (TPSA) is 0 Å². The molecule has 0 heterocycles. The smallest absolute Gasteiger partial charge is 0.0329 e. The first-order chi connectivity index (χ1) is 6.62. The lowest BCUT2D eigenvalue weighted by molar-refractivity contribution is 0.0151. The normalized spacial score (nSPS) is 34.2. The number of hydrogen-bond donors (Lipinski definition) is 0. The Morgan fingerprint density at radius 1 is 0.733 bits per heavy atom. The Morgan fingerprint density at radius 2 is 1.20 bits per heavy atom. The molecule has 1 fully saturated rings. The lowest BCUT2D eigenvalue weighted by atomic mass is 9.57. The van der Waals surface area contributed by atoms with Crippen molar-refractivity contribution in [1.82, 2.24) is 0 Å². The number of rotatable bonds is 0. The lowest BCUT2D eigenvalue weighted by Crippen LogP contribution is -2.40. The highest BCUT2D eigenvalue weighted by Crippen LogP contribution is 2.50. The fourth-order valence-electron chi connectivity index (χ4n) is 3.37. The van der Waals surface area contributed by atoms with Gasteiger partial charge >= 0.3 is 0 Å². The Kier molecular flexibility index (Phi) is 3.58. The molecule has 0 spiro atoms. The molecule has 0 radical (unpaired) electrons. The van der Waals surface area contributed by atoms with Gasteiger partial charge < -0.3 is 0 Å². The van der Waals surface area contributed by atoms with Crippen LogP contribution in [0.5, 0.6) is 0 Å². The Morgan fingerprint density at radius 3 is 1.60 bits per heavy atom. The van der Waals surface area contributed by atoms with Crippen molar-refractivity contribution >= 4 is 0 Å². The van der Waals surface area contributed by atoms with Crippen LogP contribution in [0.2, 0.25) is 0 Å². The van der Waals surface area contributed by atoms with Crippen LogP contribution in [0.4, 0.5) is 0 Å². The first-order valence-electron chi connectivity index (χ1n) is 6.62. The first-order valence-corrected chi connectivity index (χ1v) is 6.62. The van der Waals surface area contributed by atoms with Crippen LogP contribution in [0.1, 0.15) is 67.7 Å². The molecule has 0 saturated heterocycles. The van der Waals surface area contributed by atoms with E-state index in [9.17, 15) is 0 Å². The summed E-state index contributed by atoms with van der Waals surface area (Å²) < 4.78 is 0. The predicted octanol–water partition coefficient (Wildman–Crippen LogP) is 5.13. The molecule has 0 amide bonds. The minimum Gasteiger partial charge on any atom is -0.0625 e. The lowest BCUT2D eigenvalue weighted by Gasteiger charge is -2.48. The van der Waals surface area contributed by atoms with E-state index in [0.717, 1.165) is 17.8 Å². The monoisotopic (exact) mass is 210 g/mol. The molecular weight excluding hydrogens is 180 g/mol. The quantitative estimate of drug-likeness (QED) is 0.520. The molecule has 0 aromatic heterocycles. The minimum atomic E-state index is 0.479. The molecule has 0 aromatic rings. The fraction of sp³-hybridized carbons (Fsp3) is 1.00. The van der Waals surface area contributed by atoms with Crippen molar-refractivity contribution in [2.75, 3.05) is 0 Å². The zero-order chi connectivity index (χ0) is 11.9. The molecule has 0 heteroatoms. The van der Waals surface area contributed by atoms with E-state index in [1.54, 1.807) is 0 Å². The third kappa shape index (κ3) is 3.23. The van der Waals surface area contributed by atoms with Crippen LogP contribution in [-0.4, -0.2) is 0 Å². The van der Waals surface area contributed by atoms with Crippen molar-refractivity contribution in [3.8, 4) is 0 Å². The largest absolute Gasteiger partial charge is 0.0625 e. The summed E-state index contributed by atoms with van der Waals surface area (Å²) in [5.41, 5.74) is 0.963. The number of hydrogen-bond acceptors (Lipinski definition) is 0. The van der Waals surface area contributed by atoms with Gasteiger partial charge in [-0.2, -0.15) is 0 Å². The van der Waals surface area contributed by atoms with Gasteiger partial charge in [0.15, 0.2) is 0 Å². The Balaban J connectivity index is 2.85. The van der Waals surface area contributed by atoms with Crippen molar-refractivity contribution in [1.29, 1.82) is 0 Å². The SMILES string of the molecule is CC1CCC(C(C)(C)C)C(C(C)(C)C)C1. The van der Waals surface area contributed by atoms with E-state index in [0.29, 0.717) is 10.8 Å². The van der Waals surface area contributed by atoms with E-state index in [4.69, 9.17) is 0 Å². The summed E-state index contributed by atoms with van der Waals surface area (Å²) in [5.74, 6) is 2.75. The Labute approximate surface area is 96.8 Å². The molecule has 1 aliphatic rings. The first kappa shape index (κ1) is 13.1. The average Bonchev–Trinajstić information content (AvgIpc) is 2.00. The zero-order valence-corrected chi connectivity index (χ0v) is 11.9. The van der Waals surface area contributed by atoms with Gasteiger partial charge in [0, 0.05) is 0 Å². The fourth-order valence-corrected chi connectivity index (χ4v) is 3.37. The van der Waals surface area contributed by atoms with Crippen molar-refractivity contribution in [2.45, 2.75) is 67.7 Å². The molecule has 0 bridgehead atoms. The highest BCUT2D eigenvalue weighted by Gasteiger charge is 2.41. The van der Waals surface area contributed by atoms with Crippen LogP contribution in [0.25, 0.3) is 0 Å². The summed E-state index contributed by atoms with van der Waals surface area (Å²) in [6, 6.07) is 0. The highest BCUT2D eigenvalue weighted by molar-refractivity contribution is 4.91. The molecule has 0 aliphatic heterocycles. The van der Waals surface area contributed by atoms with Gasteiger partial charge in [-0.05, 0) is 41.4 Å². The highest BCUT2D eigenvalue weighted by atomic mass is 14.5. The maximum atomic E-state index is 2.43. The summed E-state index contributed by atoms with van der Waals surface area (Å²) in [5, 5.41) is 0. The summed E-state index contributed by atoms with van der Waals surface area (Å²) >= 11 is 0. The Bertz CT molecular complexity index is 201. The molecule has 3 unspecified atom stereocenters. The van der Waals surface area contributed by atoms with Gasteiger partial charge in [-0.3, -0.25) is 0 Å². The molecular formula is C15H30. The van der Waals surface area contributed by atoms with Gasteiger partial charge in [-0.15, -0.1) is 0 Å². The van der Waals surface area contributed by atoms with Gasteiger partial charge in [0.1, 0.15) is 0 Å². The standard InChI is InChI=1S/C15H30/c1-11-8-9-12(14(2,3)4)13(10-11)15(5,6)7/h11-13H,8-10H2,1-7H3. The maximum absolute atomic E-state index is 2.43. The molecule has 90 valence electrons. The predicted molar refractivity (Wildman–Crippen MR) is 68.9 cm³/mol. The molecule has 1 saturated carbocycles. The van der Waals surface area contributed by atoms with Crippen molar-refractivity contribution < 1.29 is 0 Å². The second-order valence-corrected chi connectivity index (χ2v) is 7.86. The zero-order valence-electron chi connectivity index (χ0n) is 11.9. The van der Waals surface area contributed by atoms with Gasteiger partial charge in [0.25, 0.3) is 0 Å². The molecule has 1 aliphatic carbocycles. The summed E-state index contributed by atoms with van der Waals surface area (Å²) in [6.45, 7) is 17.0. The van der Waals surface area contributed by atoms with Gasteiger partial charge in [0.2, 0.25) is 0 Å². The van der Waals surface area contributed by atoms with Gasteiger partial charge in [-0.1, -0.05) is 54.9 Å². The van der Waals surface area contributed by atoms with E-state index in [-0.39, 0.29) is 0 Å². The average molecular weight is 210 g/mol. The van der Waals surface area contributed by atoms with Crippen LogP contribution < -0.4 is 0 Å². The molecule has 0 nitrogen and oxygen atoms in total. The maximum Gasteiger partial charge on any atom is -0.0329 e. The van der Waals surface area contributed by atoms with Crippen LogP contribution in [0.15, 0.2) is 0 Å². The van der Waals surface area contributed by atoms with Crippen LogP contribution in [0, 0.1) is 28.6 Å². The van der Waals surface area contributed by atoms with Crippen molar-refractivity contribution in [2.24, 2.45) is 28.6 Å². The van der Waals surface area contributed by atoms with Crippen molar-refractivity contribution in [3.63, 3.8) is 0 Å². The van der Waals surface area contributed by atoms with Gasteiger partial charge in [0.05, 0.1) is 0 Å². The molecule has 15 heavy (non-hydrogen) atoms. The summed E-state index contributed by atoms with van der Waals surface area (Å²) in [7, 11) is 0. The van der Waals surface area contributed by atoms with Gasteiger partial charge in [-0.25, -0.2) is 0 Å². The molecule has 3 atom stereocenters. The van der Waals surface area contributed by atoms with E-state index < -0.39 is 0 Å². The molecule has 0 N–H and O–H groups in total. The summed E-state index contributed by atoms with van der Waals surface area (Å²) in [6.07, 6.45) is 4.31. The van der Waals surface area contributed by atoms with E-state index in [1.807, 2.05) is 0 Å². The Hall–Kier alpha value is 0. The van der Waals surface area contributed by atoms with E-state index in [1.165, 1.54) is 19.3 Å². The molecule has 1 rings (SSSR count). The van der Waals surface area contributed by atoms with E-state index >= 15 is 0 Å². The summed E-state index contributed by atoms with van der Waals surface area (Å²) in [4.78, 5) is 0. The van der Waals surface area contributed by atoms with Crippen LogP contribution >= 0.6 is 0 Å². The second kappa shape index (κ2) is 4.11. The van der Waals surface area contributed by atoms with E-state index in [2.05, 4.69) is 48.5 Å². The third-order valence-corrected chi connectivity index (χ3v) is 4.34. The second-order valence-electron chi connectivity index (χ2n) is 7.86. The van der Waals surface area contributed by atoms with Crippen molar-refractivity contribution in [3.05, 3.63) is 0 Å². The van der Waals surface area contributed by atoms with Crippen LogP contribution in [0.3, 0.4) is 0 Å². The minimum absolute atomic E-state index is 0.479.